The number of aryl methyl sites for hydroxylation is 1. The fraction of sp³-hybridized carbons (Fsp3) is 0.176. The maximum absolute atomic E-state index is 13.8. The van der Waals surface area contributed by atoms with Gasteiger partial charge in [-0.25, -0.2) is 4.39 Å². The van der Waals surface area contributed by atoms with E-state index in [4.69, 9.17) is 4.74 Å². The monoisotopic (exact) mass is 269 g/mol. The predicted molar refractivity (Wildman–Crippen MR) is 78.3 cm³/mol. The molecule has 0 aliphatic carbocycles. The molecular formula is C17H16FNO. The zero-order valence-corrected chi connectivity index (χ0v) is 11.3. The van der Waals surface area contributed by atoms with Gasteiger partial charge in [0.05, 0.1) is 11.2 Å². The first-order valence-electron chi connectivity index (χ1n) is 6.74. The van der Waals surface area contributed by atoms with Crippen LogP contribution in [0.1, 0.15) is 12.6 Å². The van der Waals surface area contributed by atoms with Gasteiger partial charge >= 0.3 is 0 Å². The molecule has 0 amide bonds. The minimum atomic E-state index is -0.185. The van der Waals surface area contributed by atoms with E-state index < -0.39 is 0 Å². The lowest BCUT2D eigenvalue weighted by Gasteiger charge is -2.09. The zero-order chi connectivity index (χ0) is 13.9. The van der Waals surface area contributed by atoms with Crippen LogP contribution in [-0.4, -0.2) is 4.57 Å². The minimum Gasteiger partial charge on any atom is -0.487 e. The zero-order valence-electron chi connectivity index (χ0n) is 11.3. The first kappa shape index (κ1) is 12.7. The van der Waals surface area contributed by atoms with E-state index in [0.29, 0.717) is 12.0 Å². The Kier molecular flexibility index (Phi) is 3.42. The third-order valence-electron chi connectivity index (χ3n) is 3.42. The van der Waals surface area contributed by atoms with Gasteiger partial charge in [-0.15, -0.1) is 0 Å². The maximum atomic E-state index is 13.8. The number of ether oxygens (including phenoxy) is 1. The Morgan fingerprint density at radius 3 is 2.60 bits per heavy atom. The molecule has 0 fully saturated rings. The normalized spacial score (nSPS) is 10.9. The van der Waals surface area contributed by atoms with Crippen LogP contribution < -0.4 is 4.74 Å². The second-order valence-corrected chi connectivity index (χ2v) is 4.65. The first-order valence-corrected chi connectivity index (χ1v) is 6.74. The molecule has 2 aromatic carbocycles. The lowest BCUT2D eigenvalue weighted by molar-refractivity contribution is 0.296. The molecule has 0 atom stereocenters. The molecule has 1 heterocycles. The number of aromatic nitrogens is 1. The van der Waals surface area contributed by atoms with Crippen LogP contribution in [-0.2, 0) is 13.2 Å². The average molecular weight is 269 g/mol. The van der Waals surface area contributed by atoms with Crippen molar-refractivity contribution in [1.29, 1.82) is 0 Å². The number of rotatable bonds is 4. The fourth-order valence-electron chi connectivity index (χ4n) is 2.47. The molecule has 102 valence electrons. The Hall–Kier alpha value is -2.29. The van der Waals surface area contributed by atoms with Crippen molar-refractivity contribution in [3.8, 4) is 5.75 Å². The summed E-state index contributed by atoms with van der Waals surface area (Å²) in [5, 5.41) is 0.654. The summed E-state index contributed by atoms with van der Waals surface area (Å²) < 4.78 is 21.7. The number of para-hydroxylation sites is 1. The van der Waals surface area contributed by atoms with Gasteiger partial charge in [0.1, 0.15) is 18.2 Å². The average Bonchev–Trinajstić information content (AvgIpc) is 2.85. The van der Waals surface area contributed by atoms with Gasteiger partial charge in [0.2, 0.25) is 0 Å². The van der Waals surface area contributed by atoms with Crippen molar-refractivity contribution in [3.05, 3.63) is 66.1 Å². The van der Waals surface area contributed by atoms with E-state index in [1.54, 1.807) is 6.07 Å². The van der Waals surface area contributed by atoms with Gasteiger partial charge in [-0.05, 0) is 37.3 Å². The Morgan fingerprint density at radius 1 is 1.05 bits per heavy atom. The van der Waals surface area contributed by atoms with Crippen molar-refractivity contribution in [2.24, 2.45) is 0 Å². The van der Waals surface area contributed by atoms with Crippen molar-refractivity contribution >= 4 is 10.9 Å². The van der Waals surface area contributed by atoms with E-state index in [1.807, 2.05) is 42.5 Å². The van der Waals surface area contributed by atoms with Crippen molar-refractivity contribution < 1.29 is 9.13 Å². The molecule has 20 heavy (non-hydrogen) atoms. The summed E-state index contributed by atoms with van der Waals surface area (Å²) in [6.07, 6.45) is 0. The van der Waals surface area contributed by atoms with Crippen molar-refractivity contribution in [2.45, 2.75) is 20.1 Å². The summed E-state index contributed by atoms with van der Waals surface area (Å²) in [6.45, 7) is 3.28. The molecule has 0 bridgehead atoms. The summed E-state index contributed by atoms with van der Waals surface area (Å²) in [6, 6.07) is 16.7. The van der Waals surface area contributed by atoms with E-state index in [1.165, 1.54) is 6.07 Å². The highest BCUT2D eigenvalue weighted by Crippen LogP contribution is 2.23. The molecule has 2 nitrogen and oxygen atoms in total. The number of hydrogen-bond donors (Lipinski definition) is 0. The molecular weight excluding hydrogens is 253 g/mol. The molecule has 1 aromatic heterocycles. The Labute approximate surface area is 117 Å². The minimum absolute atomic E-state index is 0.185. The number of nitrogens with zero attached hydrogens (tertiary/aromatic N) is 1. The highest BCUT2D eigenvalue weighted by Gasteiger charge is 2.11. The smallest absolute Gasteiger partial charge is 0.132 e. The van der Waals surface area contributed by atoms with Crippen molar-refractivity contribution in [2.75, 3.05) is 0 Å². The quantitative estimate of drug-likeness (QED) is 0.685. The van der Waals surface area contributed by atoms with E-state index in [-0.39, 0.29) is 5.82 Å². The lowest BCUT2D eigenvalue weighted by atomic mass is 10.2. The highest BCUT2D eigenvalue weighted by molar-refractivity contribution is 5.82. The van der Waals surface area contributed by atoms with Crippen LogP contribution in [0.15, 0.2) is 54.6 Å². The lowest BCUT2D eigenvalue weighted by Crippen LogP contribution is -2.04. The molecule has 0 unspecified atom stereocenters. The van der Waals surface area contributed by atoms with Gasteiger partial charge in [0, 0.05) is 11.9 Å². The molecule has 0 radical (unpaired) electrons. The molecule has 3 heteroatoms. The second-order valence-electron chi connectivity index (χ2n) is 4.65. The van der Waals surface area contributed by atoms with E-state index >= 15 is 0 Å². The topological polar surface area (TPSA) is 14.2 Å². The number of hydrogen-bond acceptors (Lipinski definition) is 1. The molecule has 0 saturated carbocycles. The van der Waals surface area contributed by atoms with Crippen LogP contribution in [0.25, 0.3) is 10.9 Å². The molecule has 3 rings (SSSR count). The molecule has 0 aliphatic heterocycles. The van der Waals surface area contributed by atoms with Crippen molar-refractivity contribution in [1.82, 2.24) is 4.57 Å². The van der Waals surface area contributed by atoms with Gasteiger partial charge in [-0.3, -0.25) is 0 Å². The molecule has 0 spiro atoms. The molecule has 0 saturated heterocycles. The number of halogens is 1. The van der Waals surface area contributed by atoms with Crippen LogP contribution in [0.2, 0.25) is 0 Å². The Morgan fingerprint density at radius 2 is 1.85 bits per heavy atom. The van der Waals surface area contributed by atoms with Gasteiger partial charge in [0.15, 0.2) is 0 Å². The maximum Gasteiger partial charge on any atom is 0.132 e. The number of benzene rings is 2. The molecule has 3 aromatic rings. The molecule has 0 N–H and O–H groups in total. The predicted octanol–water partition coefficient (Wildman–Crippen LogP) is 4.38. The second kappa shape index (κ2) is 5.37. The van der Waals surface area contributed by atoms with Crippen LogP contribution in [0.4, 0.5) is 4.39 Å². The van der Waals surface area contributed by atoms with Gasteiger partial charge < -0.3 is 9.30 Å². The van der Waals surface area contributed by atoms with E-state index in [0.717, 1.165) is 23.5 Å². The SMILES string of the molecule is CCn1c(COc2ccccc2)cc2c(F)cccc21. The summed E-state index contributed by atoms with van der Waals surface area (Å²) in [5.74, 6) is 0.636. The summed E-state index contributed by atoms with van der Waals surface area (Å²) in [4.78, 5) is 0. The Bertz CT molecular complexity index is 718. The van der Waals surface area contributed by atoms with Gasteiger partial charge in [0.25, 0.3) is 0 Å². The van der Waals surface area contributed by atoms with Gasteiger partial charge in [-0.1, -0.05) is 24.3 Å². The van der Waals surface area contributed by atoms with Crippen LogP contribution >= 0.6 is 0 Å². The van der Waals surface area contributed by atoms with E-state index in [2.05, 4.69) is 11.5 Å². The highest BCUT2D eigenvalue weighted by atomic mass is 19.1. The van der Waals surface area contributed by atoms with Crippen molar-refractivity contribution in [3.63, 3.8) is 0 Å². The third kappa shape index (κ3) is 2.27. The summed E-state index contributed by atoms with van der Waals surface area (Å²) >= 11 is 0. The number of fused-ring (bicyclic) bond motifs is 1. The first-order chi connectivity index (χ1) is 9.79. The van der Waals surface area contributed by atoms with Crippen LogP contribution in [0.3, 0.4) is 0 Å². The van der Waals surface area contributed by atoms with Crippen LogP contribution in [0, 0.1) is 5.82 Å². The van der Waals surface area contributed by atoms with Crippen LogP contribution in [0.5, 0.6) is 5.75 Å². The standard InChI is InChI=1S/C17H16FNO/c1-2-19-13(12-20-14-7-4-3-5-8-14)11-15-16(18)9-6-10-17(15)19/h3-11H,2,12H2,1H3. The molecule has 0 aliphatic rings. The Balaban J connectivity index is 1.93. The summed E-state index contributed by atoms with van der Waals surface area (Å²) in [5.41, 5.74) is 1.90. The fourth-order valence-corrected chi connectivity index (χ4v) is 2.47. The summed E-state index contributed by atoms with van der Waals surface area (Å²) in [7, 11) is 0. The third-order valence-corrected chi connectivity index (χ3v) is 3.42. The largest absolute Gasteiger partial charge is 0.487 e. The van der Waals surface area contributed by atoms with E-state index in [9.17, 15) is 4.39 Å². The van der Waals surface area contributed by atoms with Gasteiger partial charge in [-0.2, -0.15) is 0 Å².